The molecule has 5 nitrogen and oxygen atoms in total. The van der Waals surface area contributed by atoms with Crippen LogP contribution in [0.2, 0.25) is 0 Å². The molecule has 21 heavy (non-hydrogen) atoms. The third kappa shape index (κ3) is 3.12. The maximum absolute atomic E-state index is 12.1. The van der Waals surface area contributed by atoms with Crippen LogP contribution < -0.4 is 10.3 Å². The fourth-order valence-corrected chi connectivity index (χ4v) is 3.01. The van der Waals surface area contributed by atoms with E-state index >= 15 is 0 Å². The maximum atomic E-state index is 12.1. The van der Waals surface area contributed by atoms with Crippen LogP contribution >= 0.6 is 0 Å². The first-order valence-corrected chi connectivity index (χ1v) is 7.89. The normalized spacial score (nSPS) is 29.4. The topological polar surface area (TPSA) is 56.7 Å². The van der Waals surface area contributed by atoms with E-state index in [4.69, 9.17) is 9.47 Å². The summed E-state index contributed by atoms with van der Waals surface area (Å²) in [4.78, 5) is 16.6. The van der Waals surface area contributed by atoms with Crippen molar-refractivity contribution in [2.45, 2.75) is 70.2 Å². The van der Waals surface area contributed by atoms with E-state index in [1.807, 2.05) is 6.92 Å². The summed E-state index contributed by atoms with van der Waals surface area (Å²) in [6, 6.07) is 2.04. The molecule has 1 aromatic heterocycles. The predicted molar refractivity (Wildman–Crippen MR) is 79.6 cm³/mol. The van der Waals surface area contributed by atoms with E-state index in [1.165, 1.54) is 23.8 Å². The minimum absolute atomic E-state index is 0.0669. The Morgan fingerprint density at radius 3 is 2.71 bits per heavy atom. The lowest BCUT2D eigenvalue weighted by Crippen LogP contribution is -2.27. The van der Waals surface area contributed by atoms with Crippen LogP contribution in [0.25, 0.3) is 0 Å². The maximum Gasteiger partial charge on any atom is 0.299 e. The second-order valence-corrected chi connectivity index (χ2v) is 6.55. The Morgan fingerprint density at radius 2 is 2.10 bits per heavy atom. The van der Waals surface area contributed by atoms with Crippen LogP contribution in [0.4, 0.5) is 0 Å². The Bertz CT molecular complexity index is 577. The number of hydrogen-bond donors (Lipinski definition) is 0. The van der Waals surface area contributed by atoms with Crippen molar-refractivity contribution in [1.29, 1.82) is 0 Å². The van der Waals surface area contributed by atoms with Gasteiger partial charge in [0.15, 0.2) is 0 Å². The number of rotatable bonds is 4. The van der Waals surface area contributed by atoms with Gasteiger partial charge in [0, 0.05) is 19.5 Å². The molecule has 0 aromatic carbocycles. The van der Waals surface area contributed by atoms with E-state index in [-0.39, 0.29) is 23.4 Å². The van der Waals surface area contributed by atoms with Gasteiger partial charge in [-0.1, -0.05) is 6.42 Å². The molecule has 2 heterocycles. The first kappa shape index (κ1) is 14.6. The molecule has 0 N–H and O–H groups in total. The van der Waals surface area contributed by atoms with Gasteiger partial charge in [-0.3, -0.25) is 9.36 Å². The summed E-state index contributed by atoms with van der Waals surface area (Å²) in [7, 11) is 1.72. The summed E-state index contributed by atoms with van der Waals surface area (Å²) in [5, 5.41) is 0. The number of hydrogen-bond acceptors (Lipinski definition) is 4. The molecule has 0 radical (unpaired) electrons. The molecule has 1 aromatic rings. The van der Waals surface area contributed by atoms with Gasteiger partial charge < -0.3 is 9.47 Å². The van der Waals surface area contributed by atoms with Gasteiger partial charge in [-0.2, -0.15) is 0 Å². The van der Waals surface area contributed by atoms with Crippen LogP contribution in [0.3, 0.4) is 0 Å². The van der Waals surface area contributed by atoms with Crippen molar-refractivity contribution in [2.24, 2.45) is 7.05 Å². The molecule has 2 aliphatic rings. The van der Waals surface area contributed by atoms with Gasteiger partial charge in [0.2, 0.25) is 0 Å². The highest BCUT2D eigenvalue weighted by Gasteiger charge is 2.49. The minimum atomic E-state index is -0.179. The molecule has 0 bridgehead atoms. The smallest absolute Gasteiger partial charge is 0.299 e. The molecule has 1 aliphatic heterocycles. The molecule has 5 heteroatoms. The molecule has 1 aliphatic carbocycles. The zero-order valence-corrected chi connectivity index (χ0v) is 13.1. The van der Waals surface area contributed by atoms with Crippen LogP contribution in [-0.2, 0) is 18.2 Å². The fourth-order valence-electron chi connectivity index (χ4n) is 3.01. The summed E-state index contributed by atoms with van der Waals surface area (Å²) < 4.78 is 13.1. The SMILES string of the molecule is C[C@H]1O[C@@]1(C)Cc1cc(=O)n(C)c(OC2CCCCC2)n1. The van der Waals surface area contributed by atoms with Gasteiger partial charge in [0.25, 0.3) is 11.6 Å². The van der Waals surface area contributed by atoms with Gasteiger partial charge in [-0.05, 0) is 39.5 Å². The van der Waals surface area contributed by atoms with Gasteiger partial charge in [-0.15, -0.1) is 0 Å². The first-order valence-electron chi connectivity index (χ1n) is 7.89. The largest absolute Gasteiger partial charge is 0.461 e. The Morgan fingerprint density at radius 1 is 1.43 bits per heavy atom. The van der Waals surface area contributed by atoms with E-state index in [1.54, 1.807) is 13.1 Å². The first-order chi connectivity index (χ1) is 9.98. The van der Waals surface area contributed by atoms with Crippen LogP contribution in [0.15, 0.2) is 10.9 Å². The van der Waals surface area contributed by atoms with Crippen LogP contribution in [0, 0.1) is 0 Å². The molecule has 0 spiro atoms. The molecule has 1 saturated heterocycles. The fraction of sp³-hybridized carbons (Fsp3) is 0.750. The van der Waals surface area contributed by atoms with Crippen molar-refractivity contribution in [3.63, 3.8) is 0 Å². The molecule has 0 unspecified atom stereocenters. The van der Waals surface area contributed by atoms with Crippen molar-refractivity contribution in [3.05, 3.63) is 22.1 Å². The number of epoxide rings is 1. The summed E-state index contributed by atoms with van der Waals surface area (Å²) in [5.41, 5.74) is 0.514. The molecule has 116 valence electrons. The molecule has 2 fully saturated rings. The second kappa shape index (κ2) is 5.44. The number of ether oxygens (including phenoxy) is 2. The van der Waals surface area contributed by atoms with Gasteiger partial charge in [0.05, 0.1) is 17.4 Å². The highest BCUT2D eigenvalue weighted by molar-refractivity contribution is 5.14. The summed E-state index contributed by atoms with van der Waals surface area (Å²) >= 11 is 0. The van der Waals surface area contributed by atoms with Crippen molar-refractivity contribution in [3.8, 4) is 6.01 Å². The monoisotopic (exact) mass is 292 g/mol. The van der Waals surface area contributed by atoms with E-state index in [9.17, 15) is 4.79 Å². The molecule has 3 rings (SSSR count). The quantitative estimate of drug-likeness (QED) is 0.798. The van der Waals surface area contributed by atoms with Crippen molar-refractivity contribution >= 4 is 0 Å². The minimum Gasteiger partial charge on any atom is -0.461 e. The molecular formula is C16H24N2O3. The number of nitrogens with zero attached hydrogens (tertiary/aromatic N) is 2. The van der Waals surface area contributed by atoms with E-state index in [0.717, 1.165) is 18.5 Å². The summed E-state index contributed by atoms with van der Waals surface area (Å²) in [5.74, 6) is 0. The highest BCUT2D eigenvalue weighted by atomic mass is 16.6. The lowest BCUT2D eigenvalue weighted by molar-refractivity contribution is 0.134. The summed E-state index contributed by atoms with van der Waals surface area (Å²) in [6.45, 7) is 4.10. The van der Waals surface area contributed by atoms with Crippen LogP contribution in [0.5, 0.6) is 6.01 Å². The lowest BCUT2D eigenvalue weighted by Gasteiger charge is -2.23. The van der Waals surface area contributed by atoms with Crippen molar-refractivity contribution in [1.82, 2.24) is 9.55 Å². The van der Waals surface area contributed by atoms with Crippen LogP contribution in [-0.4, -0.2) is 27.4 Å². The average Bonchev–Trinajstić information content (AvgIpc) is 3.03. The zero-order valence-electron chi connectivity index (χ0n) is 13.1. The number of aromatic nitrogens is 2. The third-order valence-electron chi connectivity index (χ3n) is 4.75. The van der Waals surface area contributed by atoms with E-state index < -0.39 is 0 Å². The Labute approximate surface area is 125 Å². The van der Waals surface area contributed by atoms with Gasteiger partial charge in [0.1, 0.15) is 6.10 Å². The second-order valence-electron chi connectivity index (χ2n) is 6.55. The standard InChI is InChI=1S/C16H24N2O3/c1-11-16(2,21-11)10-12-9-14(19)18(3)15(17-12)20-13-7-5-4-6-8-13/h9,11,13H,4-8,10H2,1-3H3/t11-,16+/m1/s1. The van der Waals surface area contributed by atoms with E-state index in [0.29, 0.717) is 12.4 Å². The average molecular weight is 292 g/mol. The third-order valence-corrected chi connectivity index (χ3v) is 4.75. The zero-order chi connectivity index (χ0) is 15.0. The Balaban J connectivity index is 1.78. The molecule has 2 atom stereocenters. The van der Waals surface area contributed by atoms with E-state index in [2.05, 4.69) is 11.9 Å². The van der Waals surface area contributed by atoms with Gasteiger partial charge in [-0.25, -0.2) is 4.98 Å². The predicted octanol–water partition coefficient (Wildman–Crippen LogP) is 2.21. The Hall–Kier alpha value is -1.36. The van der Waals surface area contributed by atoms with Crippen LogP contribution in [0.1, 0.15) is 51.6 Å². The summed E-state index contributed by atoms with van der Waals surface area (Å²) in [6.07, 6.45) is 6.86. The molecular weight excluding hydrogens is 268 g/mol. The molecule has 0 amide bonds. The van der Waals surface area contributed by atoms with Crippen molar-refractivity contribution < 1.29 is 9.47 Å². The Kier molecular flexibility index (Phi) is 3.78. The highest BCUT2D eigenvalue weighted by Crippen LogP contribution is 2.38. The molecule has 1 saturated carbocycles. The van der Waals surface area contributed by atoms with Crippen molar-refractivity contribution in [2.75, 3.05) is 0 Å². The lowest BCUT2D eigenvalue weighted by atomic mass is 9.98. The van der Waals surface area contributed by atoms with Gasteiger partial charge >= 0.3 is 0 Å².